The topological polar surface area (TPSA) is 27.8 Å². The number of aromatic amines is 1. The fourth-order valence-corrected chi connectivity index (χ4v) is 1.83. The standard InChI is InChI=1S/C10H16N2/c1-2-3-9-6-8-7-11-5-4-10(8)12-9/h6,11-12H,2-5,7H2,1H3. The zero-order chi connectivity index (χ0) is 8.39. The molecule has 0 aliphatic carbocycles. The second-order valence-corrected chi connectivity index (χ2v) is 3.48. The number of hydrogen-bond donors (Lipinski definition) is 2. The Morgan fingerprint density at radius 2 is 2.42 bits per heavy atom. The van der Waals surface area contributed by atoms with Crippen LogP contribution < -0.4 is 5.32 Å². The summed E-state index contributed by atoms with van der Waals surface area (Å²) in [6.45, 7) is 4.40. The average molecular weight is 164 g/mol. The zero-order valence-electron chi connectivity index (χ0n) is 7.61. The zero-order valence-corrected chi connectivity index (χ0v) is 7.61. The number of aryl methyl sites for hydroxylation is 1. The lowest BCUT2D eigenvalue weighted by molar-refractivity contribution is 0.637. The molecule has 0 unspecified atom stereocenters. The van der Waals surface area contributed by atoms with Crippen LogP contribution in [-0.4, -0.2) is 11.5 Å². The van der Waals surface area contributed by atoms with Gasteiger partial charge < -0.3 is 10.3 Å². The fourth-order valence-electron chi connectivity index (χ4n) is 1.83. The highest BCUT2D eigenvalue weighted by Crippen LogP contribution is 2.15. The summed E-state index contributed by atoms with van der Waals surface area (Å²) in [6, 6.07) is 2.31. The Bertz CT molecular complexity index is 239. The highest BCUT2D eigenvalue weighted by Gasteiger charge is 2.10. The Labute approximate surface area is 73.4 Å². The Balaban J connectivity index is 2.20. The van der Waals surface area contributed by atoms with E-state index < -0.39 is 0 Å². The highest BCUT2D eigenvalue weighted by molar-refractivity contribution is 5.28. The molecule has 2 heterocycles. The van der Waals surface area contributed by atoms with Crippen LogP contribution in [0.25, 0.3) is 0 Å². The molecule has 0 saturated heterocycles. The average Bonchev–Trinajstić information content (AvgIpc) is 2.47. The number of rotatable bonds is 2. The molecule has 0 aromatic carbocycles. The predicted octanol–water partition coefficient (Wildman–Crippen LogP) is 1.61. The number of hydrogen-bond acceptors (Lipinski definition) is 1. The van der Waals surface area contributed by atoms with Crippen LogP contribution in [0, 0.1) is 0 Å². The lowest BCUT2D eigenvalue weighted by Gasteiger charge is -2.11. The van der Waals surface area contributed by atoms with E-state index >= 15 is 0 Å². The van der Waals surface area contributed by atoms with Gasteiger partial charge in [0.1, 0.15) is 0 Å². The predicted molar refractivity (Wildman–Crippen MR) is 50.2 cm³/mol. The van der Waals surface area contributed by atoms with Crippen LogP contribution in [0.5, 0.6) is 0 Å². The minimum absolute atomic E-state index is 1.05. The molecule has 0 atom stereocenters. The van der Waals surface area contributed by atoms with Gasteiger partial charge in [-0.3, -0.25) is 0 Å². The molecule has 0 bridgehead atoms. The first-order valence-corrected chi connectivity index (χ1v) is 4.80. The molecule has 1 aromatic heterocycles. The Kier molecular flexibility index (Phi) is 2.17. The van der Waals surface area contributed by atoms with Crippen molar-refractivity contribution in [2.45, 2.75) is 32.7 Å². The number of fused-ring (bicyclic) bond motifs is 1. The van der Waals surface area contributed by atoms with E-state index in [9.17, 15) is 0 Å². The number of H-pyrrole nitrogens is 1. The van der Waals surface area contributed by atoms with Crippen molar-refractivity contribution < 1.29 is 0 Å². The maximum absolute atomic E-state index is 3.49. The molecule has 0 spiro atoms. The molecule has 0 radical (unpaired) electrons. The molecule has 12 heavy (non-hydrogen) atoms. The highest BCUT2D eigenvalue weighted by atomic mass is 14.9. The van der Waals surface area contributed by atoms with Gasteiger partial charge in [0.15, 0.2) is 0 Å². The molecule has 2 nitrogen and oxygen atoms in total. The van der Waals surface area contributed by atoms with Gasteiger partial charge in [0, 0.05) is 30.9 Å². The monoisotopic (exact) mass is 164 g/mol. The Morgan fingerprint density at radius 1 is 1.50 bits per heavy atom. The minimum atomic E-state index is 1.05. The largest absolute Gasteiger partial charge is 0.362 e. The van der Waals surface area contributed by atoms with E-state index in [4.69, 9.17) is 0 Å². The molecule has 0 saturated carbocycles. The molecular weight excluding hydrogens is 148 g/mol. The van der Waals surface area contributed by atoms with Gasteiger partial charge in [0.05, 0.1) is 0 Å². The smallest absolute Gasteiger partial charge is 0.0223 e. The van der Waals surface area contributed by atoms with Gasteiger partial charge >= 0.3 is 0 Å². The number of aromatic nitrogens is 1. The summed E-state index contributed by atoms with van der Waals surface area (Å²) in [5.41, 5.74) is 4.34. The van der Waals surface area contributed by atoms with Gasteiger partial charge in [-0.05, 0) is 18.1 Å². The van der Waals surface area contributed by atoms with Gasteiger partial charge in [-0.25, -0.2) is 0 Å². The summed E-state index contributed by atoms with van der Waals surface area (Å²) in [4.78, 5) is 3.49. The van der Waals surface area contributed by atoms with Gasteiger partial charge in [-0.15, -0.1) is 0 Å². The first kappa shape index (κ1) is 7.87. The Hall–Kier alpha value is -0.760. The van der Waals surface area contributed by atoms with Crippen LogP contribution in [0.1, 0.15) is 30.3 Å². The SMILES string of the molecule is CCCc1cc2c([nH]1)CCNC2. The summed E-state index contributed by atoms with van der Waals surface area (Å²) < 4.78 is 0. The third kappa shape index (κ3) is 1.39. The van der Waals surface area contributed by atoms with E-state index in [2.05, 4.69) is 23.3 Å². The van der Waals surface area contributed by atoms with Gasteiger partial charge in [0.2, 0.25) is 0 Å². The minimum Gasteiger partial charge on any atom is -0.362 e. The van der Waals surface area contributed by atoms with Gasteiger partial charge in [-0.2, -0.15) is 0 Å². The fraction of sp³-hybridized carbons (Fsp3) is 0.600. The van der Waals surface area contributed by atoms with E-state index in [0.717, 1.165) is 13.1 Å². The third-order valence-electron chi connectivity index (χ3n) is 2.43. The van der Waals surface area contributed by atoms with Crippen LogP contribution in [0.3, 0.4) is 0 Å². The normalized spacial score (nSPS) is 16.1. The van der Waals surface area contributed by atoms with E-state index in [1.807, 2.05) is 0 Å². The molecule has 2 rings (SSSR count). The summed E-state index contributed by atoms with van der Waals surface area (Å²) in [6.07, 6.45) is 3.58. The first-order chi connectivity index (χ1) is 5.90. The van der Waals surface area contributed by atoms with Crippen molar-refractivity contribution >= 4 is 0 Å². The van der Waals surface area contributed by atoms with Crippen molar-refractivity contribution in [3.8, 4) is 0 Å². The molecular formula is C10H16N2. The lowest BCUT2D eigenvalue weighted by Crippen LogP contribution is -2.22. The van der Waals surface area contributed by atoms with E-state index in [1.165, 1.54) is 36.2 Å². The molecule has 0 amide bonds. The lowest BCUT2D eigenvalue weighted by atomic mass is 10.1. The second-order valence-electron chi connectivity index (χ2n) is 3.48. The molecule has 1 aromatic rings. The molecule has 0 fully saturated rings. The van der Waals surface area contributed by atoms with Crippen LogP contribution >= 0.6 is 0 Å². The van der Waals surface area contributed by atoms with Crippen molar-refractivity contribution in [3.05, 3.63) is 23.0 Å². The van der Waals surface area contributed by atoms with E-state index in [0.29, 0.717) is 0 Å². The van der Waals surface area contributed by atoms with E-state index in [1.54, 1.807) is 0 Å². The van der Waals surface area contributed by atoms with Gasteiger partial charge in [-0.1, -0.05) is 13.3 Å². The van der Waals surface area contributed by atoms with Crippen LogP contribution in [-0.2, 0) is 19.4 Å². The molecule has 2 heteroatoms. The van der Waals surface area contributed by atoms with E-state index in [-0.39, 0.29) is 0 Å². The molecule has 1 aliphatic heterocycles. The Morgan fingerprint density at radius 3 is 3.17 bits per heavy atom. The second kappa shape index (κ2) is 3.31. The maximum atomic E-state index is 3.49. The van der Waals surface area contributed by atoms with Crippen molar-refractivity contribution in [3.63, 3.8) is 0 Å². The maximum Gasteiger partial charge on any atom is 0.0223 e. The summed E-state index contributed by atoms with van der Waals surface area (Å²) in [5.74, 6) is 0. The molecule has 2 N–H and O–H groups in total. The summed E-state index contributed by atoms with van der Waals surface area (Å²) >= 11 is 0. The van der Waals surface area contributed by atoms with Crippen molar-refractivity contribution in [1.29, 1.82) is 0 Å². The van der Waals surface area contributed by atoms with Crippen LogP contribution in [0.15, 0.2) is 6.07 Å². The van der Waals surface area contributed by atoms with Gasteiger partial charge in [0.25, 0.3) is 0 Å². The number of nitrogens with one attached hydrogen (secondary N) is 2. The van der Waals surface area contributed by atoms with Crippen LogP contribution in [0.4, 0.5) is 0 Å². The molecule has 1 aliphatic rings. The van der Waals surface area contributed by atoms with Crippen LogP contribution in [0.2, 0.25) is 0 Å². The summed E-state index contributed by atoms with van der Waals surface area (Å²) in [7, 11) is 0. The molecule has 66 valence electrons. The third-order valence-corrected chi connectivity index (χ3v) is 2.43. The van der Waals surface area contributed by atoms with Crippen molar-refractivity contribution in [2.75, 3.05) is 6.54 Å². The first-order valence-electron chi connectivity index (χ1n) is 4.80. The summed E-state index contributed by atoms with van der Waals surface area (Å²) in [5, 5.41) is 3.38. The van der Waals surface area contributed by atoms with Crippen molar-refractivity contribution in [1.82, 2.24) is 10.3 Å². The quantitative estimate of drug-likeness (QED) is 0.683. The van der Waals surface area contributed by atoms with Crippen molar-refractivity contribution in [2.24, 2.45) is 0 Å².